The first kappa shape index (κ1) is 29.0. The van der Waals surface area contributed by atoms with Gasteiger partial charge in [-0.3, -0.25) is 0 Å². The predicted molar refractivity (Wildman–Crippen MR) is 196 cm³/mol. The molecule has 1 fully saturated rings. The number of hydrogen-bond donors (Lipinski definition) is 0. The maximum absolute atomic E-state index is 9.70. The van der Waals surface area contributed by atoms with E-state index in [2.05, 4.69) is 103 Å². The highest BCUT2D eigenvalue weighted by atomic mass is 15.0. The van der Waals surface area contributed by atoms with Gasteiger partial charge in [0.1, 0.15) is 0 Å². The van der Waals surface area contributed by atoms with Gasteiger partial charge in [0.15, 0.2) is 17.5 Å². The first-order valence-electron chi connectivity index (χ1n) is 17.0. The van der Waals surface area contributed by atoms with E-state index in [1.165, 1.54) is 40.7 Å². The molecule has 9 rings (SSSR count). The third kappa shape index (κ3) is 4.94. The number of nitriles is 1. The van der Waals surface area contributed by atoms with E-state index in [4.69, 9.17) is 15.0 Å². The maximum atomic E-state index is 9.70. The van der Waals surface area contributed by atoms with Crippen molar-refractivity contribution in [2.45, 2.75) is 31.1 Å². The lowest BCUT2D eigenvalue weighted by molar-refractivity contribution is 0.550. The lowest BCUT2D eigenvalue weighted by atomic mass is 9.76. The molecule has 0 aliphatic heterocycles. The molecule has 6 aromatic carbocycles. The van der Waals surface area contributed by atoms with E-state index in [1.807, 2.05) is 48.5 Å². The van der Waals surface area contributed by atoms with Crippen LogP contribution in [0.4, 0.5) is 0 Å². The van der Waals surface area contributed by atoms with Gasteiger partial charge in [0, 0.05) is 22.1 Å². The van der Waals surface area contributed by atoms with Gasteiger partial charge in [-0.05, 0) is 81.6 Å². The summed E-state index contributed by atoms with van der Waals surface area (Å²) in [4.78, 5) is 15.2. The van der Waals surface area contributed by atoms with Gasteiger partial charge in [-0.25, -0.2) is 15.0 Å². The molecule has 7 aromatic rings. The van der Waals surface area contributed by atoms with Gasteiger partial charge in [-0.2, -0.15) is 5.26 Å². The first-order valence-corrected chi connectivity index (χ1v) is 17.0. The van der Waals surface area contributed by atoms with Crippen LogP contribution in [-0.4, -0.2) is 15.0 Å². The van der Waals surface area contributed by atoms with Crippen LogP contribution in [0.5, 0.6) is 0 Å². The second kappa shape index (κ2) is 11.8. The molecule has 2 aliphatic carbocycles. The zero-order valence-corrected chi connectivity index (χ0v) is 27.0. The number of rotatable bonds is 5. The quantitative estimate of drug-likeness (QED) is 0.190. The predicted octanol–water partition coefficient (Wildman–Crippen LogP) is 10.9. The van der Waals surface area contributed by atoms with Crippen LogP contribution in [0.2, 0.25) is 0 Å². The highest BCUT2D eigenvalue weighted by molar-refractivity contribution is 5.86. The topological polar surface area (TPSA) is 62.5 Å². The SMILES string of the molecule is N#Cc1ccc2c(c1)C1(CCCC1)c1cc(-c3cccc(-c4nc(-c5ccccc5)nc(-c5ccccc5-c5ccccc5)n4)c3)ccc1-2. The number of benzene rings is 6. The molecular formula is C45H32N4. The van der Waals surface area contributed by atoms with Crippen LogP contribution in [0.3, 0.4) is 0 Å². The third-order valence-electron chi connectivity index (χ3n) is 10.3. The van der Waals surface area contributed by atoms with E-state index in [9.17, 15) is 5.26 Å². The zero-order valence-electron chi connectivity index (χ0n) is 27.0. The molecule has 0 N–H and O–H groups in total. The van der Waals surface area contributed by atoms with Gasteiger partial charge in [0.05, 0.1) is 11.6 Å². The minimum absolute atomic E-state index is 0.0228. The summed E-state index contributed by atoms with van der Waals surface area (Å²) < 4.78 is 0. The Morgan fingerprint density at radius 3 is 1.71 bits per heavy atom. The van der Waals surface area contributed by atoms with E-state index in [-0.39, 0.29) is 5.41 Å². The Kier molecular flexibility index (Phi) is 6.99. The van der Waals surface area contributed by atoms with Crippen molar-refractivity contribution >= 4 is 0 Å². The van der Waals surface area contributed by atoms with Gasteiger partial charge in [0.2, 0.25) is 0 Å². The van der Waals surface area contributed by atoms with Crippen molar-refractivity contribution in [3.05, 3.63) is 162 Å². The summed E-state index contributed by atoms with van der Waals surface area (Å²) in [6.07, 6.45) is 4.64. The van der Waals surface area contributed by atoms with Crippen molar-refractivity contribution in [2.75, 3.05) is 0 Å². The van der Waals surface area contributed by atoms with Gasteiger partial charge < -0.3 is 0 Å². The fourth-order valence-electron chi connectivity index (χ4n) is 7.99. The van der Waals surface area contributed by atoms with Crippen LogP contribution in [0.25, 0.3) is 67.5 Å². The third-order valence-corrected chi connectivity index (χ3v) is 10.3. The van der Waals surface area contributed by atoms with Crippen molar-refractivity contribution in [2.24, 2.45) is 0 Å². The molecule has 0 saturated heterocycles. The smallest absolute Gasteiger partial charge is 0.164 e. The molecule has 232 valence electrons. The van der Waals surface area contributed by atoms with Gasteiger partial charge in [0.25, 0.3) is 0 Å². The van der Waals surface area contributed by atoms with Crippen LogP contribution in [0, 0.1) is 11.3 Å². The summed E-state index contributed by atoms with van der Waals surface area (Å²) in [7, 11) is 0. The number of aromatic nitrogens is 3. The molecule has 4 heteroatoms. The minimum Gasteiger partial charge on any atom is -0.208 e. The average molecular weight is 629 g/mol. The standard InChI is InChI=1S/C45H32N4/c46-29-30-20-22-37-38-23-21-34(28-41(38)45(40(37)26-30)24-9-10-25-45)33-16-11-17-35(27-33)43-47-42(32-14-5-2-6-15-32)48-44(49-43)39-19-8-7-18-36(39)31-12-3-1-4-13-31/h1-8,11-23,26-28H,9-10,24-25H2. The molecule has 0 amide bonds. The highest BCUT2D eigenvalue weighted by Gasteiger charge is 2.45. The Morgan fingerprint density at radius 1 is 0.429 bits per heavy atom. The summed E-state index contributed by atoms with van der Waals surface area (Å²) >= 11 is 0. The monoisotopic (exact) mass is 628 g/mol. The van der Waals surface area contributed by atoms with Crippen molar-refractivity contribution in [1.29, 1.82) is 5.26 Å². The van der Waals surface area contributed by atoms with Crippen molar-refractivity contribution in [1.82, 2.24) is 15.0 Å². The molecule has 1 spiro atoms. The summed E-state index contributed by atoms with van der Waals surface area (Å²) in [6, 6.07) is 52.9. The van der Waals surface area contributed by atoms with E-state index < -0.39 is 0 Å². The molecule has 49 heavy (non-hydrogen) atoms. The van der Waals surface area contributed by atoms with Crippen LogP contribution < -0.4 is 0 Å². The van der Waals surface area contributed by atoms with Gasteiger partial charge >= 0.3 is 0 Å². The summed E-state index contributed by atoms with van der Waals surface area (Å²) in [5.74, 6) is 1.92. The second-order valence-electron chi connectivity index (χ2n) is 13.1. The molecule has 0 bridgehead atoms. The van der Waals surface area contributed by atoms with E-state index in [1.54, 1.807) is 0 Å². The lowest BCUT2D eigenvalue weighted by Crippen LogP contribution is -2.20. The van der Waals surface area contributed by atoms with E-state index in [0.29, 0.717) is 17.5 Å². The van der Waals surface area contributed by atoms with Crippen molar-refractivity contribution in [3.8, 4) is 73.6 Å². The number of hydrogen-bond acceptors (Lipinski definition) is 4. The fourth-order valence-corrected chi connectivity index (χ4v) is 7.99. The lowest BCUT2D eigenvalue weighted by Gasteiger charge is -2.27. The largest absolute Gasteiger partial charge is 0.208 e. The zero-order chi connectivity index (χ0) is 32.8. The van der Waals surface area contributed by atoms with Crippen LogP contribution in [-0.2, 0) is 5.41 Å². The number of nitrogens with zero attached hydrogens (tertiary/aromatic N) is 4. The molecule has 0 atom stereocenters. The van der Waals surface area contributed by atoms with Gasteiger partial charge in [-0.15, -0.1) is 0 Å². The normalized spacial score (nSPS) is 13.9. The Morgan fingerprint density at radius 2 is 0.980 bits per heavy atom. The number of fused-ring (bicyclic) bond motifs is 5. The summed E-state index contributed by atoms with van der Waals surface area (Å²) in [5, 5.41) is 9.70. The van der Waals surface area contributed by atoms with Crippen molar-refractivity contribution < 1.29 is 0 Å². The maximum Gasteiger partial charge on any atom is 0.164 e. The first-order chi connectivity index (χ1) is 24.2. The van der Waals surface area contributed by atoms with E-state index >= 15 is 0 Å². The van der Waals surface area contributed by atoms with Crippen LogP contribution in [0.1, 0.15) is 42.4 Å². The Hall–Kier alpha value is -6.18. The Balaban J connectivity index is 1.17. The molecule has 1 saturated carbocycles. The average Bonchev–Trinajstić information content (AvgIpc) is 3.78. The van der Waals surface area contributed by atoms with Crippen LogP contribution in [0.15, 0.2) is 146 Å². The summed E-state index contributed by atoms with van der Waals surface area (Å²) in [6.45, 7) is 0. The van der Waals surface area contributed by atoms with Crippen molar-refractivity contribution in [3.63, 3.8) is 0 Å². The molecule has 2 aliphatic rings. The molecule has 4 nitrogen and oxygen atoms in total. The van der Waals surface area contributed by atoms with Crippen LogP contribution >= 0.6 is 0 Å². The molecule has 0 radical (unpaired) electrons. The van der Waals surface area contributed by atoms with Gasteiger partial charge in [-0.1, -0.05) is 134 Å². The second-order valence-corrected chi connectivity index (χ2v) is 13.1. The Bertz CT molecular complexity index is 2400. The van der Waals surface area contributed by atoms with E-state index in [0.717, 1.165) is 51.8 Å². The molecule has 0 unspecified atom stereocenters. The Labute approximate surface area is 286 Å². The molecular weight excluding hydrogens is 597 g/mol. The fraction of sp³-hybridized carbons (Fsp3) is 0.111. The minimum atomic E-state index is -0.0228. The highest BCUT2D eigenvalue weighted by Crippen LogP contribution is 2.57. The molecule has 1 aromatic heterocycles. The summed E-state index contributed by atoms with van der Waals surface area (Å²) in [5.41, 5.74) is 13.3. The molecule has 1 heterocycles.